The fourth-order valence-corrected chi connectivity index (χ4v) is 2.37. The molecule has 1 atom stereocenters. The predicted molar refractivity (Wildman–Crippen MR) is 71.3 cm³/mol. The summed E-state index contributed by atoms with van der Waals surface area (Å²) < 4.78 is 43.7. The molecule has 0 aliphatic rings. The van der Waals surface area contributed by atoms with Gasteiger partial charge in [0, 0.05) is 23.3 Å². The number of esters is 1. The van der Waals surface area contributed by atoms with Crippen molar-refractivity contribution in [2.24, 2.45) is 5.73 Å². The molecule has 0 spiro atoms. The van der Waals surface area contributed by atoms with Crippen molar-refractivity contribution in [2.75, 3.05) is 0 Å². The highest BCUT2D eigenvalue weighted by atomic mass is 32.1. The molecule has 2 aromatic rings. The largest absolute Gasteiger partial charge is 0.443 e. The molecule has 0 aliphatic heterocycles. The zero-order chi connectivity index (χ0) is 16.3. The molecular formula is C13H9F3N2O3S. The molecule has 0 saturated heterocycles. The summed E-state index contributed by atoms with van der Waals surface area (Å²) in [5.41, 5.74) is 4.75. The van der Waals surface area contributed by atoms with Crippen LogP contribution < -0.4 is 5.73 Å². The number of aromatic nitrogens is 1. The number of thiophene rings is 1. The SMILES string of the molecule is NC(=O)c1csc(C(=O)O[C@@H](c2cccnc2)C(F)(F)F)c1. The fourth-order valence-electron chi connectivity index (χ4n) is 1.59. The number of carbonyl (C=O) groups is 2. The molecular weight excluding hydrogens is 321 g/mol. The second-order valence-electron chi connectivity index (χ2n) is 4.18. The molecule has 22 heavy (non-hydrogen) atoms. The van der Waals surface area contributed by atoms with Gasteiger partial charge in [-0.25, -0.2) is 4.79 Å². The third-order valence-corrected chi connectivity index (χ3v) is 3.50. The molecule has 0 bridgehead atoms. The second kappa shape index (κ2) is 6.14. The first-order valence-electron chi connectivity index (χ1n) is 5.85. The third kappa shape index (κ3) is 3.61. The van der Waals surface area contributed by atoms with Gasteiger partial charge in [0.2, 0.25) is 12.0 Å². The molecule has 2 N–H and O–H groups in total. The van der Waals surface area contributed by atoms with Crippen molar-refractivity contribution in [1.82, 2.24) is 4.98 Å². The van der Waals surface area contributed by atoms with Crippen molar-refractivity contribution < 1.29 is 27.5 Å². The maximum absolute atomic E-state index is 13.0. The summed E-state index contributed by atoms with van der Waals surface area (Å²) in [6.07, 6.45) is -4.96. The molecule has 116 valence electrons. The molecule has 0 unspecified atom stereocenters. The van der Waals surface area contributed by atoms with Gasteiger partial charge in [-0.05, 0) is 12.1 Å². The first kappa shape index (κ1) is 16.0. The van der Waals surface area contributed by atoms with Crippen molar-refractivity contribution in [3.05, 3.63) is 52.0 Å². The summed E-state index contributed by atoms with van der Waals surface area (Å²) in [7, 11) is 0. The topological polar surface area (TPSA) is 82.3 Å². The Balaban J connectivity index is 2.23. The van der Waals surface area contributed by atoms with Crippen LogP contribution in [0.2, 0.25) is 0 Å². The predicted octanol–water partition coefficient (Wildman–Crippen LogP) is 2.70. The Kier molecular flexibility index (Phi) is 4.45. The van der Waals surface area contributed by atoms with Gasteiger partial charge in [0.25, 0.3) is 0 Å². The van der Waals surface area contributed by atoms with Crippen molar-refractivity contribution in [3.63, 3.8) is 0 Å². The average Bonchev–Trinajstić information content (AvgIpc) is 2.94. The molecule has 2 rings (SSSR count). The lowest BCUT2D eigenvalue weighted by Gasteiger charge is -2.20. The van der Waals surface area contributed by atoms with Crippen LogP contribution in [0, 0.1) is 0 Å². The number of ether oxygens (including phenoxy) is 1. The lowest BCUT2D eigenvalue weighted by atomic mass is 10.1. The molecule has 1 amide bonds. The van der Waals surface area contributed by atoms with E-state index in [0.29, 0.717) is 0 Å². The highest BCUT2D eigenvalue weighted by molar-refractivity contribution is 7.12. The quantitative estimate of drug-likeness (QED) is 0.874. The van der Waals surface area contributed by atoms with E-state index in [1.807, 2.05) is 0 Å². The molecule has 2 heterocycles. The van der Waals surface area contributed by atoms with Crippen molar-refractivity contribution in [1.29, 1.82) is 0 Å². The van der Waals surface area contributed by atoms with E-state index in [9.17, 15) is 22.8 Å². The Morgan fingerprint density at radius 2 is 2.09 bits per heavy atom. The minimum atomic E-state index is -4.79. The molecule has 0 fully saturated rings. The van der Waals surface area contributed by atoms with Crippen molar-refractivity contribution in [2.45, 2.75) is 12.3 Å². The van der Waals surface area contributed by atoms with Crippen LogP contribution in [0.4, 0.5) is 13.2 Å². The van der Waals surface area contributed by atoms with Crippen LogP contribution in [-0.2, 0) is 4.74 Å². The minimum Gasteiger partial charge on any atom is -0.443 e. The normalized spacial score (nSPS) is 12.7. The number of alkyl halides is 3. The zero-order valence-corrected chi connectivity index (χ0v) is 11.6. The summed E-state index contributed by atoms with van der Waals surface area (Å²) in [6, 6.07) is 3.55. The molecule has 2 aromatic heterocycles. The summed E-state index contributed by atoms with van der Waals surface area (Å²) in [5.74, 6) is -1.97. The van der Waals surface area contributed by atoms with Gasteiger partial charge in [-0.2, -0.15) is 13.2 Å². The van der Waals surface area contributed by atoms with E-state index >= 15 is 0 Å². The maximum atomic E-state index is 13.0. The number of nitrogens with zero attached hydrogens (tertiary/aromatic N) is 1. The van der Waals surface area contributed by atoms with Crippen LogP contribution in [0.5, 0.6) is 0 Å². The number of hydrogen-bond donors (Lipinski definition) is 1. The monoisotopic (exact) mass is 330 g/mol. The Labute approximate surface area is 126 Å². The summed E-state index contributed by atoms with van der Waals surface area (Å²) in [4.78, 5) is 26.2. The summed E-state index contributed by atoms with van der Waals surface area (Å²) in [6.45, 7) is 0. The molecule has 5 nitrogen and oxygen atoms in total. The van der Waals surface area contributed by atoms with Crippen LogP contribution in [-0.4, -0.2) is 23.0 Å². The number of hydrogen-bond acceptors (Lipinski definition) is 5. The van der Waals surface area contributed by atoms with Gasteiger partial charge < -0.3 is 10.5 Å². The first-order valence-corrected chi connectivity index (χ1v) is 6.73. The smallest absolute Gasteiger partial charge is 0.429 e. The fraction of sp³-hybridized carbons (Fsp3) is 0.154. The molecule has 0 saturated carbocycles. The van der Waals surface area contributed by atoms with E-state index in [4.69, 9.17) is 5.73 Å². The number of rotatable bonds is 4. The number of pyridine rings is 1. The van der Waals surface area contributed by atoms with Crippen LogP contribution in [0.1, 0.15) is 31.7 Å². The Morgan fingerprint density at radius 1 is 1.36 bits per heavy atom. The zero-order valence-electron chi connectivity index (χ0n) is 10.8. The van der Waals surface area contributed by atoms with E-state index in [2.05, 4.69) is 9.72 Å². The van der Waals surface area contributed by atoms with Crippen LogP contribution >= 0.6 is 11.3 Å². The van der Waals surface area contributed by atoms with Gasteiger partial charge in [0.15, 0.2) is 0 Å². The standard InChI is InChI=1S/C13H9F3N2O3S/c14-13(15,16)10(7-2-1-3-18-5-7)21-12(20)9-4-8(6-22-9)11(17)19/h1-6,10H,(H2,17,19)/t10-/m0/s1. The Hall–Kier alpha value is -2.42. The molecule has 0 aliphatic carbocycles. The van der Waals surface area contributed by atoms with E-state index in [1.54, 1.807) is 0 Å². The van der Waals surface area contributed by atoms with Gasteiger partial charge >= 0.3 is 12.1 Å². The molecule has 0 aromatic carbocycles. The minimum absolute atomic E-state index is 0.0295. The van der Waals surface area contributed by atoms with Crippen LogP contribution in [0.3, 0.4) is 0 Å². The van der Waals surface area contributed by atoms with Gasteiger partial charge in [0.05, 0.1) is 5.56 Å². The number of primary amides is 1. The first-order chi connectivity index (χ1) is 10.3. The number of amides is 1. The van der Waals surface area contributed by atoms with Gasteiger partial charge in [0.1, 0.15) is 4.88 Å². The number of nitrogens with two attached hydrogens (primary N) is 1. The maximum Gasteiger partial charge on any atom is 0.429 e. The van der Waals surface area contributed by atoms with E-state index in [0.717, 1.165) is 29.7 Å². The van der Waals surface area contributed by atoms with Crippen molar-refractivity contribution >= 4 is 23.2 Å². The number of carbonyl (C=O) groups excluding carboxylic acids is 2. The summed E-state index contributed by atoms with van der Waals surface area (Å²) >= 11 is 0.775. The lowest BCUT2D eigenvalue weighted by Crippen LogP contribution is -2.26. The van der Waals surface area contributed by atoms with Crippen LogP contribution in [0.25, 0.3) is 0 Å². The average molecular weight is 330 g/mol. The van der Waals surface area contributed by atoms with Gasteiger partial charge in [-0.3, -0.25) is 9.78 Å². The molecule has 0 radical (unpaired) electrons. The van der Waals surface area contributed by atoms with E-state index in [-0.39, 0.29) is 16.0 Å². The summed E-state index contributed by atoms with van der Waals surface area (Å²) in [5, 5.41) is 1.27. The van der Waals surface area contributed by atoms with Gasteiger partial charge in [-0.15, -0.1) is 11.3 Å². The lowest BCUT2D eigenvalue weighted by molar-refractivity contribution is -0.207. The Morgan fingerprint density at radius 3 is 2.59 bits per heavy atom. The Bertz CT molecular complexity index is 685. The van der Waals surface area contributed by atoms with E-state index < -0.39 is 24.2 Å². The molecule has 9 heteroatoms. The van der Waals surface area contributed by atoms with Gasteiger partial charge in [-0.1, -0.05) is 6.07 Å². The third-order valence-electron chi connectivity index (χ3n) is 2.59. The van der Waals surface area contributed by atoms with Crippen LogP contribution in [0.15, 0.2) is 36.0 Å². The second-order valence-corrected chi connectivity index (χ2v) is 5.09. The van der Waals surface area contributed by atoms with Crippen molar-refractivity contribution in [3.8, 4) is 0 Å². The highest BCUT2D eigenvalue weighted by Crippen LogP contribution is 2.36. The number of halogens is 3. The highest BCUT2D eigenvalue weighted by Gasteiger charge is 2.44. The van der Waals surface area contributed by atoms with E-state index in [1.165, 1.54) is 17.6 Å².